The van der Waals surface area contributed by atoms with Gasteiger partial charge in [-0.05, 0) is 82.9 Å². The van der Waals surface area contributed by atoms with Crippen molar-refractivity contribution in [2.75, 3.05) is 0 Å². The molecule has 0 bridgehead atoms. The van der Waals surface area contributed by atoms with Gasteiger partial charge in [0.25, 0.3) is 0 Å². The summed E-state index contributed by atoms with van der Waals surface area (Å²) < 4.78 is 50.2. The van der Waals surface area contributed by atoms with Gasteiger partial charge in [-0.25, -0.2) is 19.9 Å². The Labute approximate surface area is 450 Å². The third-order valence-corrected chi connectivity index (χ3v) is 13.8. The van der Waals surface area contributed by atoms with Crippen LogP contribution in [-0.2, 0) is 6.18 Å². The molecule has 0 aliphatic carbocycles. The normalized spacial score (nSPS) is 11.2. The van der Waals surface area contributed by atoms with Gasteiger partial charge in [0.15, 0.2) is 11.6 Å². The maximum Gasteiger partial charge on any atom is 0.416 e. The van der Waals surface area contributed by atoms with E-state index in [0.29, 0.717) is 94.5 Å². The van der Waals surface area contributed by atoms with Crippen LogP contribution in [0.1, 0.15) is 27.8 Å². The van der Waals surface area contributed by atoms with Crippen molar-refractivity contribution in [2.45, 2.75) is 6.18 Å². The Bertz CT molecular complexity index is 4170. The van der Waals surface area contributed by atoms with Crippen LogP contribution >= 0.6 is 0 Å². The van der Waals surface area contributed by atoms with Gasteiger partial charge in [0.1, 0.15) is 0 Å². The molecule has 0 saturated carbocycles. The Morgan fingerprint density at radius 2 is 0.747 bits per heavy atom. The SMILES string of the molecule is N#Cc1ccc(-c2ccc3c4ccc(-c5ccc(C#N)cc5C#N)cc4n(-c4c(-c5cc(-c6ccccc6)nc(-c6ccccc6)n5)cc(C(F)(F)F)cc4-c4nc(-c5ccccc5)cc(-c5ccccc5)n4)c3c2)c(C#N)c1. The molecule has 0 spiro atoms. The van der Waals surface area contributed by atoms with E-state index >= 15 is 13.2 Å². The minimum atomic E-state index is -4.91. The number of aromatic nitrogens is 5. The summed E-state index contributed by atoms with van der Waals surface area (Å²) in [6.07, 6.45) is -4.91. The highest BCUT2D eigenvalue weighted by Crippen LogP contribution is 2.47. The van der Waals surface area contributed by atoms with Crippen molar-refractivity contribution in [1.82, 2.24) is 24.5 Å². The van der Waals surface area contributed by atoms with Gasteiger partial charge in [0, 0.05) is 44.2 Å². The van der Waals surface area contributed by atoms with E-state index in [2.05, 4.69) is 24.3 Å². The van der Waals surface area contributed by atoms with Gasteiger partial charge < -0.3 is 4.57 Å². The fourth-order valence-corrected chi connectivity index (χ4v) is 10.1. The Balaban J connectivity index is 1.29. The fraction of sp³-hybridized carbons (Fsp3) is 0.0149. The summed E-state index contributed by atoms with van der Waals surface area (Å²) in [5, 5.41) is 42.0. The molecule has 79 heavy (non-hydrogen) atoms. The molecule has 12 heteroatoms. The van der Waals surface area contributed by atoms with E-state index < -0.39 is 11.7 Å². The molecule has 0 fully saturated rings. The second-order valence-corrected chi connectivity index (χ2v) is 18.6. The van der Waals surface area contributed by atoms with Crippen molar-refractivity contribution >= 4 is 21.8 Å². The Morgan fingerprint density at radius 3 is 1.18 bits per heavy atom. The molecule has 12 rings (SSSR count). The molecular formula is C67H36F3N9. The largest absolute Gasteiger partial charge is 0.416 e. The summed E-state index contributed by atoms with van der Waals surface area (Å²) >= 11 is 0. The number of rotatable bonds is 9. The molecule has 0 unspecified atom stereocenters. The van der Waals surface area contributed by atoms with Crippen molar-refractivity contribution in [3.05, 3.63) is 246 Å². The molecule has 370 valence electrons. The second kappa shape index (κ2) is 20.1. The van der Waals surface area contributed by atoms with Crippen LogP contribution in [-0.4, -0.2) is 24.5 Å². The summed E-state index contributed by atoms with van der Waals surface area (Å²) in [7, 11) is 0. The smallest absolute Gasteiger partial charge is 0.308 e. The van der Waals surface area contributed by atoms with Crippen molar-refractivity contribution in [3.63, 3.8) is 0 Å². The lowest BCUT2D eigenvalue weighted by atomic mass is 9.96. The maximum atomic E-state index is 16.1. The van der Waals surface area contributed by atoms with Crippen LogP contribution in [0.3, 0.4) is 0 Å². The Hall–Kier alpha value is -11.3. The monoisotopic (exact) mass is 1020 g/mol. The number of nitrogens with zero attached hydrogens (tertiary/aromatic N) is 9. The van der Waals surface area contributed by atoms with Gasteiger partial charge in [0.05, 0.1) is 91.6 Å². The standard InChI is InChI=1S/C67H36F3N9/c68-67(69,70)51-33-56(61-36-60(45-17-9-3-10-18-45)75-65(78-61)46-19-11-4-12-20-46)64(57(34-51)66-76-58(43-13-5-1-6-14-43)35-59(77-66)44-15-7-2-8-16-44)79-62-31-47(52-25-21-41(37-71)29-49(52)39-73)23-27-54(62)55-28-24-48(32-63(55)79)53-26-22-42(38-72)30-50(53)40-74/h1-36H. The van der Waals surface area contributed by atoms with E-state index in [1.165, 1.54) is 12.1 Å². The summed E-state index contributed by atoms with van der Waals surface area (Å²) in [4.78, 5) is 20.5. The minimum Gasteiger partial charge on any atom is -0.308 e. The molecule has 3 heterocycles. The topological polar surface area (TPSA) is 152 Å². The van der Waals surface area contributed by atoms with Crippen LogP contribution in [0.5, 0.6) is 0 Å². The number of nitriles is 4. The van der Waals surface area contributed by atoms with Crippen molar-refractivity contribution in [2.24, 2.45) is 0 Å². The molecule has 3 aromatic heterocycles. The highest BCUT2D eigenvalue weighted by molar-refractivity contribution is 6.12. The number of hydrogen-bond acceptors (Lipinski definition) is 8. The number of alkyl halides is 3. The van der Waals surface area contributed by atoms with Crippen molar-refractivity contribution < 1.29 is 13.2 Å². The second-order valence-electron chi connectivity index (χ2n) is 18.6. The highest BCUT2D eigenvalue weighted by Gasteiger charge is 2.35. The van der Waals surface area contributed by atoms with Gasteiger partial charge in [-0.1, -0.05) is 158 Å². The van der Waals surface area contributed by atoms with E-state index in [9.17, 15) is 21.0 Å². The quantitative estimate of drug-likeness (QED) is 0.139. The predicted octanol–water partition coefficient (Wildman–Crippen LogP) is 16.2. The average Bonchev–Trinajstić information content (AvgIpc) is 3.94. The zero-order valence-electron chi connectivity index (χ0n) is 41.4. The summed E-state index contributed by atoms with van der Waals surface area (Å²) in [5.74, 6) is 0.236. The lowest BCUT2D eigenvalue weighted by molar-refractivity contribution is -0.137. The van der Waals surface area contributed by atoms with Crippen molar-refractivity contribution in [3.8, 4) is 120 Å². The predicted molar refractivity (Wildman–Crippen MR) is 299 cm³/mol. The van der Waals surface area contributed by atoms with E-state index in [1.807, 2.05) is 168 Å². The first-order valence-electron chi connectivity index (χ1n) is 24.8. The van der Waals surface area contributed by atoms with Crippen molar-refractivity contribution in [1.29, 1.82) is 21.0 Å². The van der Waals surface area contributed by atoms with Gasteiger partial charge in [-0.2, -0.15) is 34.2 Å². The lowest BCUT2D eigenvalue weighted by Crippen LogP contribution is -2.11. The van der Waals surface area contributed by atoms with E-state index in [4.69, 9.17) is 19.9 Å². The Kier molecular flexibility index (Phi) is 12.4. The van der Waals surface area contributed by atoms with Gasteiger partial charge in [0.2, 0.25) is 0 Å². The molecule has 0 aliphatic heterocycles. The van der Waals surface area contributed by atoms with Crippen LogP contribution in [0.25, 0.3) is 118 Å². The van der Waals surface area contributed by atoms with Crippen LogP contribution in [0, 0.1) is 45.3 Å². The van der Waals surface area contributed by atoms with Gasteiger partial charge in [-0.15, -0.1) is 0 Å². The van der Waals surface area contributed by atoms with Crippen LogP contribution in [0.2, 0.25) is 0 Å². The molecule has 12 aromatic rings. The maximum absolute atomic E-state index is 16.1. The van der Waals surface area contributed by atoms with Crippen LogP contribution in [0.15, 0.2) is 218 Å². The minimum absolute atomic E-state index is 0.00250. The molecule has 9 aromatic carbocycles. The molecule has 0 aliphatic rings. The average molecular weight is 1020 g/mol. The molecule has 0 saturated heterocycles. The number of fused-ring (bicyclic) bond motifs is 3. The third-order valence-electron chi connectivity index (χ3n) is 13.8. The van der Waals surface area contributed by atoms with Gasteiger partial charge in [-0.3, -0.25) is 0 Å². The first kappa shape index (κ1) is 48.6. The third kappa shape index (κ3) is 9.15. The van der Waals surface area contributed by atoms with E-state index in [-0.39, 0.29) is 45.3 Å². The number of benzene rings is 9. The summed E-state index contributed by atoms with van der Waals surface area (Å²) in [6, 6.07) is 72.7. The highest BCUT2D eigenvalue weighted by atomic mass is 19.4. The number of halogens is 3. The summed E-state index contributed by atoms with van der Waals surface area (Å²) in [5.41, 5.74) is 7.83. The van der Waals surface area contributed by atoms with E-state index in [1.54, 1.807) is 30.3 Å². The fourth-order valence-electron chi connectivity index (χ4n) is 10.1. The molecule has 0 N–H and O–H groups in total. The molecule has 0 amide bonds. The van der Waals surface area contributed by atoms with Gasteiger partial charge >= 0.3 is 6.18 Å². The molecular weight excluding hydrogens is 988 g/mol. The zero-order valence-corrected chi connectivity index (χ0v) is 41.4. The first-order valence-corrected chi connectivity index (χ1v) is 24.8. The molecule has 0 radical (unpaired) electrons. The first-order chi connectivity index (χ1) is 38.6. The van der Waals surface area contributed by atoms with E-state index in [0.717, 1.165) is 12.1 Å². The van der Waals surface area contributed by atoms with Crippen LogP contribution < -0.4 is 0 Å². The number of hydrogen-bond donors (Lipinski definition) is 0. The van der Waals surface area contributed by atoms with Crippen LogP contribution in [0.4, 0.5) is 13.2 Å². The zero-order chi connectivity index (χ0) is 54.2. The molecule has 9 nitrogen and oxygen atoms in total. The lowest BCUT2D eigenvalue weighted by Gasteiger charge is -2.22. The molecule has 0 atom stereocenters. The summed E-state index contributed by atoms with van der Waals surface area (Å²) in [6.45, 7) is 0. The Morgan fingerprint density at radius 1 is 0.342 bits per heavy atom.